The number of para-hydroxylation sites is 1. The summed E-state index contributed by atoms with van der Waals surface area (Å²) in [4.78, 5) is 3.56. The summed E-state index contributed by atoms with van der Waals surface area (Å²) in [6, 6.07) is 18.8. The molecule has 2 aromatic carbocycles. The van der Waals surface area contributed by atoms with Gasteiger partial charge >= 0.3 is 0 Å². The number of nitrogens with one attached hydrogen (secondary N) is 2. The Balaban J connectivity index is 1.94. The lowest BCUT2D eigenvalue weighted by Crippen LogP contribution is -2.38. The van der Waals surface area contributed by atoms with Crippen LogP contribution in [0, 0.1) is 0 Å². The first kappa shape index (κ1) is 13.6. The van der Waals surface area contributed by atoms with Gasteiger partial charge in [-0.05, 0) is 30.2 Å². The Labute approximate surface area is 130 Å². The third-order valence-electron chi connectivity index (χ3n) is 4.63. The van der Waals surface area contributed by atoms with E-state index < -0.39 is 0 Å². The number of aromatic amines is 1. The van der Waals surface area contributed by atoms with Gasteiger partial charge in [-0.2, -0.15) is 0 Å². The molecule has 3 N–H and O–H groups in total. The molecule has 3 aromatic rings. The van der Waals surface area contributed by atoms with E-state index in [2.05, 4.69) is 52.8 Å². The summed E-state index contributed by atoms with van der Waals surface area (Å²) in [5.41, 5.74) is 4.68. The first-order chi connectivity index (χ1) is 10.8. The van der Waals surface area contributed by atoms with Gasteiger partial charge in [-0.15, -0.1) is 0 Å². The lowest BCUT2D eigenvalue weighted by atomic mass is 9.86. The quantitative estimate of drug-likeness (QED) is 0.679. The van der Waals surface area contributed by atoms with Crippen LogP contribution < -0.4 is 5.32 Å². The number of piperidine rings is 1. The summed E-state index contributed by atoms with van der Waals surface area (Å²) < 4.78 is 0. The second-order valence-corrected chi connectivity index (χ2v) is 5.99. The molecule has 0 spiro atoms. The van der Waals surface area contributed by atoms with Gasteiger partial charge in [-0.1, -0.05) is 48.5 Å². The minimum Gasteiger partial charge on any atom is -0.392 e. The SMILES string of the molecule is O[C@@H]1CCNCC1c1c(-c2ccccc2)[nH]c2ccccc12. The molecular weight excluding hydrogens is 272 g/mol. The largest absolute Gasteiger partial charge is 0.392 e. The van der Waals surface area contributed by atoms with E-state index in [1.54, 1.807) is 0 Å². The molecule has 1 fully saturated rings. The molecule has 1 saturated heterocycles. The smallest absolute Gasteiger partial charge is 0.0634 e. The second-order valence-electron chi connectivity index (χ2n) is 5.99. The van der Waals surface area contributed by atoms with Crippen LogP contribution in [-0.4, -0.2) is 29.3 Å². The maximum atomic E-state index is 10.5. The number of hydrogen-bond donors (Lipinski definition) is 3. The molecule has 112 valence electrons. The first-order valence-corrected chi connectivity index (χ1v) is 7.89. The van der Waals surface area contributed by atoms with Crippen LogP contribution in [0.25, 0.3) is 22.2 Å². The topological polar surface area (TPSA) is 48.0 Å². The van der Waals surface area contributed by atoms with E-state index in [9.17, 15) is 5.11 Å². The van der Waals surface area contributed by atoms with Gasteiger partial charge in [0.15, 0.2) is 0 Å². The van der Waals surface area contributed by atoms with Gasteiger partial charge in [0.25, 0.3) is 0 Å². The van der Waals surface area contributed by atoms with Gasteiger partial charge in [-0.25, -0.2) is 0 Å². The first-order valence-electron chi connectivity index (χ1n) is 7.89. The van der Waals surface area contributed by atoms with Crippen molar-refractivity contribution in [1.29, 1.82) is 0 Å². The summed E-state index contributed by atoms with van der Waals surface area (Å²) in [5.74, 6) is 0.125. The number of aromatic nitrogens is 1. The Hall–Kier alpha value is -2.10. The van der Waals surface area contributed by atoms with Crippen LogP contribution >= 0.6 is 0 Å². The van der Waals surface area contributed by atoms with Crippen molar-refractivity contribution in [3.63, 3.8) is 0 Å². The standard InChI is InChI=1S/C19H20N2O/c22-17-10-11-20-12-15(17)18-14-8-4-5-9-16(14)21-19(18)13-6-2-1-3-7-13/h1-9,15,17,20-22H,10-12H2/t15?,17-/m1/s1. The van der Waals surface area contributed by atoms with Crippen LogP contribution in [0.3, 0.4) is 0 Å². The molecule has 2 atom stereocenters. The molecule has 2 heterocycles. The number of aliphatic hydroxyl groups excluding tert-OH is 1. The maximum absolute atomic E-state index is 10.5. The zero-order valence-electron chi connectivity index (χ0n) is 12.4. The average molecular weight is 292 g/mol. The molecule has 0 amide bonds. The molecule has 0 bridgehead atoms. The summed E-state index contributed by atoms with van der Waals surface area (Å²) in [5, 5.41) is 15.2. The summed E-state index contributed by atoms with van der Waals surface area (Å²) in [6.45, 7) is 1.71. The highest BCUT2D eigenvalue weighted by molar-refractivity contribution is 5.91. The highest BCUT2D eigenvalue weighted by Gasteiger charge is 2.29. The summed E-state index contributed by atoms with van der Waals surface area (Å²) >= 11 is 0. The Morgan fingerprint density at radius 1 is 0.955 bits per heavy atom. The molecule has 1 unspecified atom stereocenters. The van der Waals surface area contributed by atoms with Crippen molar-refractivity contribution in [2.24, 2.45) is 0 Å². The molecule has 3 heteroatoms. The third-order valence-corrected chi connectivity index (χ3v) is 4.63. The number of aliphatic hydroxyl groups is 1. The van der Waals surface area contributed by atoms with Crippen LogP contribution in [-0.2, 0) is 0 Å². The third kappa shape index (κ3) is 2.23. The van der Waals surface area contributed by atoms with Gasteiger partial charge in [0.1, 0.15) is 0 Å². The number of H-pyrrole nitrogens is 1. The number of fused-ring (bicyclic) bond motifs is 1. The molecule has 0 aliphatic carbocycles. The Morgan fingerprint density at radius 3 is 2.55 bits per heavy atom. The van der Waals surface area contributed by atoms with Crippen LogP contribution in [0.5, 0.6) is 0 Å². The molecule has 3 nitrogen and oxygen atoms in total. The fourth-order valence-electron chi connectivity index (χ4n) is 3.52. The van der Waals surface area contributed by atoms with Crippen LogP contribution in [0.4, 0.5) is 0 Å². The van der Waals surface area contributed by atoms with E-state index in [0.29, 0.717) is 0 Å². The number of hydrogen-bond acceptors (Lipinski definition) is 2. The van der Waals surface area contributed by atoms with Gasteiger partial charge in [0.05, 0.1) is 11.8 Å². The summed E-state index contributed by atoms with van der Waals surface area (Å²) in [7, 11) is 0. The van der Waals surface area contributed by atoms with Crippen molar-refractivity contribution in [1.82, 2.24) is 10.3 Å². The number of benzene rings is 2. The second kappa shape index (κ2) is 5.59. The van der Waals surface area contributed by atoms with Crippen LogP contribution in [0.15, 0.2) is 54.6 Å². The lowest BCUT2D eigenvalue weighted by molar-refractivity contribution is 0.115. The van der Waals surface area contributed by atoms with E-state index in [1.165, 1.54) is 16.5 Å². The highest BCUT2D eigenvalue weighted by Crippen LogP contribution is 2.38. The van der Waals surface area contributed by atoms with E-state index >= 15 is 0 Å². The minimum absolute atomic E-state index is 0.125. The Kier molecular flexibility index (Phi) is 3.45. The molecule has 0 saturated carbocycles. The van der Waals surface area contributed by atoms with Crippen molar-refractivity contribution in [3.05, 3.63) is 60.2 Å². The van der Waals surface area contributed by atoms with Crippen molar-refractivity contribution in [3.8, 4) is 11.3 Å². The molecule has 1 aliphatic heterocycles. The summed E-state index contributed by atoms with van der Waals surface area (Å²) in [6.07, 6.45) is 0.515. The van der Waals surface area contributed by atoms with E-state index in [0.717, 1.165) is 30.7 Å². The lowest BCUT2D eigenvalue weighted by Gasteiger charge is -2.29. The van der Waals surface area contributed by atoms with Crippen molar-refractivity contribution >= 4 is 10.9 Å². The molecule has 0 radical (unpaired) electrons. The zero-order chi connectivity index (χ0) is 14.9. The monoisotopic (exact) mass is 292 g/mol. The maximum Gasteiger partial charge on any atom is 0.0634 e. The Morgan fingerprint density at radius 2 is 1.73 bits per heavy atom. The van der Waals surface area contributed by atoms with E-state index in [4.69, 9.17) is 0 Å². The van der Waals surface area contributed by atoms with Gasteiger partial charge in [-0.3, -0.25) is 0 Å². The fraction of sp³-hybridized carbons (Fsp3) is 0.263. The molecule has 1 aromatic heterocycles. The zero-order valence-corrected chi connectivity index (χ0v) is 12.4. The normalized spacial score (nSPS) is 22.0. The Bertz CT molecular complexity index is 778. The molecule has 4 rings (SSSR count). The fourth-order valence-corrected chi connectivity index (χ4v) is 3.52. The van der Waals surface area contributed by atoms with E-state index in [-0.39, 0.29) is 12.0 Å². The van der Waals surface area contributed by atoms with Gasteiger partial charge < -0.3 is 15.4 Å². The highest BCUT2D eigenvalue weighted by atomic mass is 16.3. The van der Waals surface area contributed by atoms with E-state index in [1.807, 2.05) is 12.1 Å². The number of rotatable bonds is 2. The molecule has 22 heavy (non-hydrogen) atoms. The van der Waals surface area contributed by atoms with Gasteiger partial charge in [0, 0.05) is 23.4 Å². The average Bonchev–Trinajstić information content (AvgIpc) is 2.95. The van der Waals surface area contributed by atoms with Crippen LogP contribution in [0.1, 0.15) is 17.9 Å². The van der Waals surface area contributed by atoms with Crippen LogP contribution in [0.2, 0.25) is 0 Å². The van der Waals surface area contributed by atoms with Gasteiger partial charge in [0.2, 0.25) is 0 Å². The van der Waals surface area contributed by atoms with Crippen molar-refractivity contribution in [2.45, 2.75) is 18.4 Å². The predicted octanol–water partition coefficient (Wildman–Crippen LogP) is 3.27. The molecule has 1 aliphatic rings. The van der Waals surface area contributed by atoms with Crippen molar-refractivity contribution in [2.75, 3.05) is 13.1 Å². The predicted molar refractivity (Wildman–Crippen MR) is 90.0 cm³/mol. The van der Waals surface area contributed by atoms with Crippen molar-refractivity contribution < 1.29 is 5.11 Å². The molecular formula is C19H20N2O. The minimum atomic E-state index is -0.289.